The van der Waals surface area contributed by atoms with E-state index in [4.69, 9.17) is 15.2 Å². The van der Waals surface area contributed by atoms with Crippen molar-refractivity contribution in [3.05, 3.63) is 35.9 Å². The molecule has 1 aliphatic rings. The van der Waals surface area contributed by atoms with Crippen molar-refractivity contribution in [2.75, 3.05) is 39.4 Å². The molecular weight excluding hydrogens is 256 g/mol. The highest BCUT2D eigenvalue weighted by Gasteiger charge is 2.21. The summed E-state index contributed by atoms with van der Waals surface area (Å²) in [6.45, 7) is 4.32. The molecule has 2 unspecified atom stereocenters. The molecule has 2 atom stereocenters. The molecule has 0 bridgehead atoms. The third-order valence-corrected chi connectivity index (χ3v) is 3.38. The van der Waals surface area contributed by atoms with Gasteiger partial charge in [-0.3, -0.25) is 4.90 Å². The molecule has 1 aromatic rings. The summed E-state index contributed by atoms with van der Waals surface area (Å²) in [7, 11) is 0. The lowest BCUT2D eigenvalue weighted by Gasteiger charge is -2.33. The Morgan fingerprint density at radius 2 is 2.20 bits per heavy atom. The van der Waals surface area contributed by atoms with Crippen molar-refractivity contribution in [1.82, 2.24) is 4.90 Å². The van der Waals surface area contributed by atoms with Gasteiger partial charge in [0.1, 0.15) is 0 Å². The summed E-state index contributed by atoms with van der Waals surface area (Å²) in [5.41, 5.74) is 6.72. The van der Waals surface area contributed by atoms with Gasteiger partial charge in [0, 0.05) is 26.2 Å². The van der Waals surface area contributed by atoms with Gasteiger partial charge in [0.05, 0.1) is 32.0 Å². The van der Waals surface area contributed by atoms with Crippen LogP contribution in [0.4, 0.5) is 0 Å². The first-order valence-corrected chi connectivity index (χ1v) is 7.11. The second-order valence-electron chi connectivity index (χ2n) is 5.14. The summed E-state index contributed by atoms with van der Waals surface area (Å²) in [6, 6.07) is 9.97. The normalized spacial score (nSPS) is 21.8. The first kappa shape index (κ1) is 15.4. The second kappa shape index (κ2) is 8.34. The van der Waals surface area contributed by atoms with Crippen molar-refractivity contribution in [2.45, 2.75) is 18.8 Å². The Balaban J connectivity index is 1.63. The predicted molar refractivity (Wildman–Crippen MR) is 77.3 cm³/mol. The molecule has 5 heteroatoms. The number of ether oxygens (including phenoxy) is 2. The average Bonchev–Trinajstić information content (AvgIpc) is 2.48. The Kier molecular flexibility index (Phi) is 6.42. The van der Waals surface area contributed by atoms with Crippen LogP contribution in [-0.4, -0.2) is 61.6 Å². The van der Waals surface area contributed by atoms with Gasteiger partial charge in [-0.2, -0.15) is 0 Å². The number of aliphatic hydroxyl groups is 1. The first-order valence-electron chi connectivity index (χ1n) is 7.11. The topological polar surface area (TPSA) is 68.0 Å². The second-order valence-corrected chi connectivity index (χ2v) is 5.14. The minimum Gasteiger partial charge on any atom is -0.389 e. The SMILES string of the molecule is NCC1CN(CC(O)COCc2ccccc2)CCO1. The number of nitrogens with zero attached hydrogens (tertiary/aromatic N) is 1. The van der Waals surface area contributed by atoms with Crippen molar-refractivity contribution in [1.29, 1.82) is 0 Å². The van der Waals surface area contributed by atoms with Gasteiger partial charge in [0.25, 0.3) is 0 Å². The van der Waals surface area contributed by atoms with Gasteiger partial charge in [-0.25, -0.2) is 0 Å². The first-order chi connectivity index (χ1) is 9.78. The van der Waals surface area contributed by atoms with Gasteiger partial charge in [-0.1, -0.05) is 30.3 Å². The van der Waals surface area contributed by atoms with Crippen LogP contribution < -0.4 is 5.73 Å². The molecule has 2 rings (SSSR count). The van der Waals surface area contributed by atoms with Gasteiger partial charge in [-0.15, -0.1) is 0 Å². The number of hydrogen-bond acceptors (Lipinski definition) is 5. The molecule has 0 aliphatic carbocycles. The number of rotatable bonds is 7. The molecule has 1 aromatic carbocycles. The summed E-state index contributed by atoms with van der Waals surface area (Å²) in [5, 5.41) is 10.00. The van der Waals surface area contributed by atoms with E-state index in [-0.39, 0.29) is 6.10 Å². The largest absolute Gasteiger partial charge is 0.389 e. The zero-order valence-corrected chi connectivity index (χ0v) is 11.8. The third kappa shape index (κ3) is 5.19. The van der Waals surface area contributed by atoms with Gasteiger partial charge in [-0.05, 0) is 5.56 Å². The highest BCUT2D eigenvalue weighted by Crippen LogP contribution is 2.06. The summed E-state index contributed by atoms with van der Waals surface area (Å²) in [6.07, 6.45) is -0.392. The Labute approximate surface area is 120 Å². The van der Waals surface area contributed by atoms with Crippen molar-refractivity contribution in [2.24, 2.45) is 5.73 Å². The number of benzene rings is 1. The Bertz CT molecular complexity index is 375. The number of aliphatic hydroxyl groups excluding tert-OH is 1. The van der Waals surface area contributed by atoms with Crippen molar-refractivity contribution >= 4 is 0 Å². The fourth-order valence-electron chi connectivity index (χ4n) is 2.33. The maximum absolute atomic E-state index is 10.00. The maximum Gasteiger partial charge on any atom is 0.0900 e. The van der Waals surface area contributed by atoms with E-state index >= 15 is 0 Å². The van der Waals surface area contributed by atoms with Gasteiger partial charge >= 0.3 is 0 Å². The minimum absolute atomic E-state index is 0.0844. The van der Waals surface area contributed by atoms with E-state index in [0.29, 0.717) is 32.9 Å². The molecule has 1 aliphatic heterocycles. The van der Waals surface area contributed by atoms with E-state index in [9.17, 15) is 5.11 Å². The molecule has 5 nitrogen and oxygen atoms in total. The molecule has 1 saturated heterocycles. The highest BCUT2D eigenvalue weighted by molar-refractivity contribution is 5.13. The standard InChI is InChI=1S/C15H24N2O3/c16-8-15-10-17(6-7-20-15)9-14(18)12-19-11-13-4-2-1-3-5-13/h1-5,14-15,18H,6-12,16H2. The predicted octanol–water partition coefficient (Wildman–Crippen LogP) is 0.224. The molecule has 0 radical (unpaired) electrons. The van der Waals surface area contributed by atoms with E-state index in [1.807, 2.05) is 30.3 Å². The molecule has 3 N–H and O–H groups in total. The Morgan fingerprint density at radius 3 is 2.95 bits per heavy atom. The quantitative estimate of drug-likeness (QED) is 0.748. The molecular formula is C15H24N2O3. The van der Waals surface area contributed by atoms with E-state index in [1.165, 1.54) is 0 Å². The third-order valence-electron chi connectivity index (χ3n) is 3.38. The summed E-state index contributed by atoms with van der Waals surface area (Å²) in [4.78, 5) is 2.18. The average molecular weight is 280 g/mol. The number of β-amino-alcohol motifs (C(OH)–C–C–N with tert-alkyl or cyclic N) is 1. The van der Waals surface area contributed by atoms with Crippen LogP contribution in [0.1, 0.15) is 5.56 Å². The fourth-order valence-corrected chi connectivity index (χ4v) is 2.33. The molecule has 0 amide bonds. The van der Waals surface area contributed by atoms with Crippen LogP contribution >= 0.6 is 0 Å². The number of morpholine rings is 1. The van der Waals surface area contributed by atoms with Gasteiger partial charge < -0.3 is 20.3 Å². The molecule has 0 saturated carbocycles. The molecule has 1 heterocycles. The lowest BCUT2D eigenvalue weighted by atomic mass is 10.2. The van der Waals surface area contributed by atoms with Crippen molar-refractivity contribution < 1.29 is 14.6 Å². The zero-order valence-electron chi connectivity index (χ0n) is 11.8. The van der Waals surface area contributed by atoms with Crippen LogP contribution in [0.15, 0.2) is 30.3 Å². The molecule has 20 heavy (non-hydrogen) atoms. The van der Waals surface area contributed by atoms with Crippen LogP contribution in [-0.2, 0) is 16.1 Å². The van der Waals surface area contributed by atoms with Gasteiger partial charge in [0.15, 0.2) is 0 Å². The number of nitrogens with two attached hydrogens (primary N) is 1. The van der Waals surface area contributed by atoms with Crippen molar-refractivity contribution in [3.63, 3.8) is 0 Å². The molecule has 1 fully saturated rings. The van der Waals surface area contributed by atoms with E-state index in [0.717, 1.165) is 18.7 Å². The van der Waals surface area contributed by atoms with Crippen molar-refractivity contribution in [3.8, 4) is 0 Å². The maximum atomic E-state index is 10.00. The Morgan fingerprint density at radius 1 is 1.40 bits per heavy atom. The smallest absolute Gasteiger partial charge is 0.0900 e. The summed E-state index contributed by atoms with van der Waals surface area (Å²) < 4.78 is 11.0. The molecule has 0 spiro atoms. The molecule has 112 valence electrons. The van der Waals surface area contributed by atoms with Crippen LogP contribution in [0.3, 0.4) is 0 Å². The van der Waals surface area contributed by atoms with Crippen LogP contribution in [0.5, 0.6) is 0 Å². The lowest BCUT2D eigenvalue weighted by molar-refractivity contribution is -0.0486. The number of hydrogen-bond donors (Lipinski definition) is 2. The van der Waals surface area contributed by atoms with E-state index in [2.05, 4.69) is 4.90 Å². The zero-order chi connectivity index (χ0) is 14.2. The summed E-state index contributed by atoms with van der Waals surface area (Å²) >= 11 is 0. The fraction of sp³-hybridized carbons (Fsp3) is 0.600. The monoisotopic (exact) mass is 280 g/mol. The van der Waals surface area contributed by atoms with E-state index in [1.54, 1.807) is 0 Å². The highest BCUT2D eigenvalue weighted by atomic mass is 16.5. The summed E-state index contributed by atoms with van der Waals surface area (Å²) in [5.74, 6) is 0. The van der Waals surface area contributed by atoms with Crippen LogP contribution in [0.25, 0.3) is 0 Å². The van der Waals surface area contributed by atoms with Gasteiger partial charge in [0.2, 0.25) is 0 Å². The van der Waals surface area contributed by atoms with Crippen LogP contribution in [0, 0.1) is 0 Å². The molecule has 0 aromatic heterocycles. The van der Waals surface area contributed by atoms with E-state index < -0.39 is 6.10 Å². The Hall–Kier alpha value is -0.980. The minimum atomic E-state index is -0.477. The lowest BCUT2D eigenvalue weighted by Crippen LogP contribution is -2.48. The van der Waals surface area contributed by atoms with Crippen LogP contribution in [0.2, 0.25) is 0 Å².